The summed E-state index contributed by atoms with van der Waals surface area (Å²) in [5.41, 5.74) is 0.476. The first kappa shape index (κ1) is 14.1. The van der Waals surface area contributed by atoms with Crippen molar-refractivity contribution in [3.63, 3.8) is 0 Å². The lowest BCUT2D eigenvalue weighted by molar-refractivity contribution is 0.171. The molecular weight excluding hydrogens is 245 g/mol. The molecule has 0 heterocycles. The molecule has 0 bridgehead atoms. The van der Waals surface area contributed by atoms with Crippen LogP contribution in [0, 0.1) is 12.7 Å². The minimum absolute atomic E-state index is 0.0295. The highest BCUT2D eigenvalue weighted by Gasteiger charge is 2.24. The molecule has 0 aliphatic carbocycles. The van der Waals surface area contributed by atoms with Gasteiger partial charge in [-0.1, -0.05) is 6.07 Å². The Morgan fingerprint density at radius 3 is 2.59 bits per heavy atom. The largest absolute Gasteiger partial charge is 0.392 e. The Labute approximate surface area is 101 Å². The number of halogens is 1. The SMILES string of the molecule is Cc1ccc(F)cc1S(=O)(=O)N(C)CC(C)O. The van der Waals surface area contributed by atoms with Crippen molar-refractivity contribution in [3.8, 4) is 0 Å². The van der Waals surface area contributed by atoms with Crippen molar-refractivity contribution >= 4 is 10.0 Å². The van der Waals surface area contributed by atoms with E-state index in [1.54, 1.807) is 6.92 Å². The summed E-state index contributed by atoms with van der Waals surface area (Å²) >= 11 is 0. The second kappa shape index (κ2) is 5.12. The molecule has 1 rings (SSSR count). The second-order valence-electron chi connectivity index (χ2n) is 4.04. The van der Waals surface area contributed by atoms with Gasteiger partial charge in [0.25, 0.3) is 0 Å². The molecule has 1 N–H and O–H groups in total. The molecule has 17 heavy (non-hydrogen) atoms. The van der Waals surface area contributed by atoms with E-state index in [9.17, 15) is 17.9 Å². The van der Waals surface area contributed by atoms with Gasteiger partial charge in [0.2, 0.25) is 10.0 Å². The van der Waals surface area contributed by atoms with Gasteiger partial charge in [-0.15, -0.1) is 0 Å². The van der Waals surface area contributed by atoms with E-state index in [0.29, 0.717) is 5.56 Å². The van der Waals surface area contributed by atoms with Crippen LogP contribution in [0.2, 0.25) is 0 Å². The molecule has 1 aromatic rings. The summed E-state index contributed by atoms with van der Waals surface area (Å²) in [5.74, 6) is -0.598. The van der Waals surface area contributed by atoms with E-state index in [2.05, 4.69) is 0 Å². The molecule has 0 spiro atoms. The number of benzene rings is 1. The molecule has 6 heteroatoms. The van der Waals surface area contributed by atoms with Gasteiger partial charge in [0.05, 0.1) is 11.0 Å². The van der Waals surface area contributed by atoms with Crippen LogP contribution in [-0.2, 0) is 10.0 Å². The van der Waals surface area contributed by atoms with E-state index >= 15 is 0 Å². The number of sulfonamides is 1. The predicted molar refractivity (Wildman–Crippen MR) is 62.6 cm³/mol. The second-order valence-corrected chi connectivity index (χ2v) is 6.06. The van der Waals surface area contributed by atoms with Gasteiger partial charge in [0.15, 0.2) is 0 Å². The van der Waals surface area contributed by atoms with Crippen LogP contribution in [0.25, 0.3) is 0 Å². The van der Waals surface area contributed by atoms with Crippen LogP contribution < -0.4 is 0 Å². The summed E-state index contributed by atoms with van der Waals surface area (Å²) < 4.78 is 38.3. The number of aliphatic hydroxyl groups excluding tert-OH is 1. The smallest absolute Gasteiger partial charge is 0.243 e. The van der Waals surface area contributed by atoms with E-state index < -0.39 is 21.9 Å². The predicted octanol–water partition coefficient (Wildman–Crippen LogP) is 1.14. The lowest BCUT2D eigenvalue weighted by atomic mass is 10.2. The van der Waals surface area contributed by atoms with Crippen molar-refractivity contribution in [1.82, 2.24) is 4.31 Å². The molecule has 4 nitrogen and oxygen atoms in total. The first-order valence-corrected chi connectivity index (χ1v) is 6.59. The van der Waals surface area contributed by atoms with Crippen LogP contribution in [-0.4, -0.2) is 37.5 Å². The van der Waals surface area contributed by atoms with Crippen molar-refractivity contribution in [3.05, 3.63) is 29.6 Å². The van der Waals surface area contributed by atoms with Crippen molar-refractivity contribution in [2.75, 3.05) is 13.6 Å². The third-order valence-electron chi connectivity index (χ3n) is 2.36. The summed E-state index contributed by atoms with van der Waals surface area (Å²) in [6, 6.07) is 3.62. The van der Waals surface area contributed by atoms with E-state index in [-0.39, 0.29) is 11.4 Å². The number of hydrogen-bond donors (Lipinski definition) is 1. The Morgan fingerprint density at radius 1 is 1.47 bits per heavy atom. The summed E-state index contributed by atoms with van der Waals surface area (Å²) in [4.78, 5) is -0.0688. The highest BCUT2D eigenvalue weighted by atomic mass is 32.2. The van der Waals surface area contributed by atoms with E-state index in [0.717, 1.165) is 10.4 Å². The number of rotatable bonds is 4. The molecule has 1 atom stereocenters. The maximum atomic E-state index is 13.1. The minimum atomic E-state index is -3.75. The van der Waals surface area contributed by atoms with Gasteiger partial charge < -0.3 is 5.11 Å². The maximum absolute atomic E-state index is 13.1. The van der Waals surface area contributed by atoms with Crippen molar-refractivity contribution in [2.45, 2.75) is 24.8 Å². The number of aliphatic hydroxyl groups is 1. The molecule has 0 fully saturated rings. The zero-order chi connectivity index (χ0) is 13.2. The molecule has 1 unspecified atom stereocenters. The normalized spacial score (nSPS) is 14.0. The Balaban J connectivity index is 3.17. The van der Waals surface area contributed by atoms with Gasteiger partial charge in [-0.05, 0) is 31.5 Å². The summed E-state index contributed by atoms with van der Waals surface area (Å²) in [6.07, 6.45) is -0.774. The fourth-order valence-electron chi connectivity index (χ4n) is 1.49. The molecule has 1 aromatic carbocycles. The zero-order valence-electron chi connectivity index (χ0n) is 10.0. The summed E-state index contributed by atoms with van der Waals surface area (Å²) in [5, 5.41) is 9.18. The average molecular weight is 261 g/mol. The highest BCUT2D eigenvalue weighted by Crippen LogP contribution is 2.20. The van der Waals surface area contributed by atoms with Crippen molar-refractivity contribution in [2.24, 2.45) is 0 Å². The molecule has 0 saturated heterocycles. The van der Waals surface area contributed by atoms with Crippen LogP contribution in [0.5, 0.6) is 0 Å². The van der Waals surface area contributed by atoms with Gasteiger partial charge in [-0.2, -0.15) is 4.31 Å². The molecular formula is C11H16FNO3S. The van der Waals surface area contributed by atoms with Crippen LogP contribution >= 0.6 is 0 Å². The third-order valence-corrected chi connectivity index (χ3v) is 4.33. The van der Waals surface area contributed by atoms with Crippen LogP contribution in [0.15, 0.2) is 23.1 Å². The molecule has 0 aliphatic rings. The fourth-order valence-corrected chi connectivity index (χ4v) is 2.97. The molecule has 0 aromatic heterocycles. The number of aryl methyl sites for hydroxylation is 1. The average Bonchev–Trinajstić information content (AvgIpc) is 2.20. The fraction of sp³-hybridized carbons (Fsp3) is 0.455. The molecule has 0 aliphatic heterocycles. The van der Waals surface area contributed by atoms with Gasteiger partial charge in [0.1, 0.15) is 5.82 Å². The topological polar surface area (TPSA) is 57.6 Å². The van der Waals surface area contributed by atoms with Crippen molar-refractivity contribution in [1.29, 1.82) is 0 Å². The lowest BCUT2D eigenvalue weighted by Gasteiger charge is -2.19. The molecule has 0 saturated carbocycles. The van der Waals surface area contributed by atoms with Crippen LogP contribution in [0.4, 0.5) is 4.39 Å². The number of hydrogen-bond acceptors (Lipinski definition) is 3. The summed E-state index contributed by atoms with van der Waals surface area (Å²) in [6.45, 7) is 3.06. The van der Waals surface area contributed by atoms with E-state index in [1.807, 2.05) is 0 Å². The van der Waals surface area contributed by atoms with Crippen molar-refractivity contribution < 1.29 is 17.9 Å². The molecule has 96 valence electrons. The Morgan fingerprint density at radius 2 is 2.06 bits per heavy atom. The van der Waals surface area contributed by atoms with E-state index in [1.165, 1.54) is 26.1 Å². The highest BCUT2D eigenvalue weighted by molar-refractivity contribution is 7.89. The molecule has 0 amide bonds. The summed E-state index contributed by atoms with van der Waals surface area (Å²) in [7, 11) is -2.40. The number of nitrogens with zero attached hydrogens (tertiary/aromatic N) is 1. The quantitative estimate of drug-likeness (QED) is 0.884. The van der Waals surface area contributed by atoms with Crippen LogP contribution in [0.3, 0.4) is 0 Å². The Bertz CT molecular complexity index is 499. The Hall–Kier alpha value is -0.980. The standard InChI is InChI=1S/C11H16FNO3S/c1-8-4-5-10(12)6-11(8)17(15,16)13(3)7-9(2)14/h4-6,9,14H,7H2,1-3H3. The molecule has 0 radical (unpaired) electrons. The van der Waals surface area contributed by atoms with Gasteiger partial charge in [-0.25, -0.2) is 12.8 Å². The first-order valence-electron chi connectivity index (χ1n) is 5.15. The zero-order valence-corrected chi connectivity index (χ0v) is 10.8. The van der Waals surface area contributed by atoms with E-state index in [4.69, 9.17) is 0 Å². The maximum Gasteiger partial charge on any atom is 0.243 e. The van der Waals surface area contributed by atoms with Gasteiger partial charge >= 0.3 is 0 Å². The van der Waals surface area contributed by atoms with Crippen LogP contribution in [0.1, 0.15) is 12.5 Å². The number of likely N-dealkylation sites (N-methyl/N-ethyl adjacent to an activating group) is 1. The lowest BCUT2D eigenvalue weighted by Crippen LogP contribution is -2.33. The monoisotopic (exact) mass is 261 g/mol. The Kier molecular flexibility index (Phi) is 4.24. The minimum Gasteiger partial charge on any atom is -0.392 e. The van der Waals surface area contributed by atoms with Gasteiger partial charge in [0, 0.05) is 13.6 Å². The van der Waals surface area contributed by atoms with Gasteiger partial charge in [-0.3, -0.25) is 0 Å². The first-order chi connectivity index (χ1) is 7.75. The third kappa shape index (κ3) is 3.24.